The maximum absolute atomic E-state index is 11.8. The van der Waals surface area contributed by atoms with E-state index in [9.17, 15) is 9.59 Å². The van der Waals surface area contributed by atoms with Gasteiger partial charge in [-0.1, -0.05) is 0 Å². The fourth-order valence-corrected chi connectivity index (χ4v) is 1.67. The number of rotatable bonds is 3. The zero-order valence-corrected chi connectivity index (χ0v) is 9.76. The molecule has 0 unspecified atom stereocenters. The highest BCUT2D eigenvalue weighted by Gasteiger charge is 2.18. The Balaban J connectivity index is 1.97. The second-order valence-corrected chi connectivity index (χ2v) is 4.01. The minimum absolute atomic E-state index is 0.0395. The van der Waals surface area contributed by atoms with Crippen molar-refractivity contribution in [2.45, 2.75) is 18.9 Å². The lowest BCUT2D eigenvalue weighted by Gasteiger charge is -2.22. The van der Waals surface area contributed by atoms with E-state index < -0.39 is 5.91 Å². The van der Waals surface area contributed by atoms with E-state index in [1.807, 2.05) is 0 Å². The third-order valence-corrected chi connectivity index (χ3v) is 2.69. The van der Waals surface area contributed by atoms with Gasteiger partial charge in [-0.15, -0.1) is 0 Å². The smallest absolute Gasteiger partial charge is 0.271 e. The molecule has 18 heavy (non-hydrogen) atoms. The molecule has 0 spiro atoms. The van der Waals surface area contributed by atoms with Crippen LogP contribution < -0.4 is 11.1 Å². The molecular weight excluding hydrogens is 236 g/mol. The normalized spacial score (nSPS) is 16.2. The van der Waals surface area contributed by atoms with Crippen LogP contribution in [0.4, 0.5) is 0 Å². The minimum Gasteiger partial charge on any atom is -0.381 e. The summed E-state index contributed by atoms with van der Waals surface area (Å²) < 4.78 is 5.20. The minimum atomic E-state index is -0.668. The Morgan fingerprint density at radius 1 is 1.22 bits per heavy atom. The number of ether oxygens (including phenoxy) is 1. The predicted octanol–water partition coefficient (Wildman–Crippen LogP) is -0.516. The van der Waals surface area contributed by atoms with Crippen LogP contribution in [0.3, 0.4) is 0 Å². The van der Waals surface area contributed by atoms with E-state index in [1.54, 1.807) is 0 Å². The van der Waals surface area contributed by atoms with E-state index >= 15 is 0 Å². The van der Waals surface area contributed by atoms with E-state index in [-0.39, 0.29) is 23.3 Å². The number of amides is 2. The van der Waals surface area contributed by atoms with Crippen molar-refractivity contribution >= 4 is 11.8 Å². The van der Waals surface area contributed by atoms with Gasteiger partial charge in [0.05, 0.1) is 12.4 Å². The summed E-state index contributed by atoms with van der Waals surface area (Å²) in [4.78, 5) is 30.3. The molecule has 1 aliphatic rings. The van der Waals surface area contributed by atoms with Gasteiger partial charge in [0.15, 0.2) is 0 Å². The Morgan fingerprint density at radius 3 is 2.39 bits per heavy atom. The number of hydrogen-bond acceptors (Lipinski definition) is 5. The lowest BCUT2D eigenvalue weighted by molar-refractivity contribution is 0.0693. The second-order valence-electron chi connectivity index (χ2n) is 4.01. The van der Waals surface area contributed by atoms with Crippen LogP contribution in [0.1, 0.15) is 33.8 Å². The van der Waals surface area contributed by atoms with Crippen molar-refractivity contribution in [2.75, 3.05) is 13.2 Å². The molecule has 0 aliphatic carbocycles. The summed E-state index contributed by atoms with van der Waals surface area (Å²) >= 11 is 0. The molecule has 1 aromatic rings. The zero-order valence-electron chi connectivity index (χ0n) is 9.76. The lowest BCUT2D eigenvalue weighted by atomic mass is 10.1. The molecule has 0 radical (unpaired) electrons. The summed E-state index contributed by atoms with van der Waals surface area (Å²) in [6.45, 7) is 1.30. The molecule has 1 fully saturated rings. The number of aromatic nitrogens is 2. The Morgan fingerprint density at radius 2 is 1.83 bits per heavy atom. The van der Waals surface area contributed by atoms with E-state index in [2.05, 4.69) is 15.3 Å². The highest BCUT2D eigenvalue weighted by Crippen LogP contribution is 2.07. The molecular formula is C11H14N4O3. The van der Waals surface area contributed by atoms with Gasteiger partial charge in [0.1, 0.15) is 11.4 Å². The van der Waals surface area contributed by atoms with Crippen molar-refractivity contribution in [1.29, 1.82) is 0 Å². The lowest BCUT2D eigenvalue weighted by Crippen LogP contribution is -2.39. The summed E-state index contributed by atoms with van der Waals surface area (Å²) in [5.41, 5.74) is 5.25. The molecule has 96 valence electrons. The van der Waals surface area contributed by atoms with Crippen molar-refractivity contribution in [3.8, 4) is 0 Å². The van der Waals surface area contributed by atoms with Crippen LogP contribution >= 0.6 is 0 Å². The van der Waals surface area contributed by atoms with E-state index in [0.29, 0.717) is 13.2 Å². The average molecular weight is 250 g/mol. The number of carbonyl (C=O) groups excluding carboxylic acids is 2. The quantitative estimate of drug-likeness (QED) is 0.750. The molecule has 7 heteroatoms. The molecule has 7 nitrogen and oxygen atoms in total. The molecule has 3 N–H and O–H groups in total. The molecule has 2 heterocycles. The highest BCUT2D eigenvalue weighted by atomic mass is 16.5. The molecule has 0 atom stereocenters. The van der Waals surface area contributed by atoms with Gasteiger partial charge in [-0.3, -0.25) is 9.59 Å². The van der Waals surface area contributed by atoms with Crippen LogP contribution in [-0.4, -0.2) is 41.0 Å². The van der Waals surface area contributed by atoms with Gasteiger partial charge in [-0.2, -0.15) is 0 Å². The molecule has 1 saturated heterocycles. The van der Waals surface area contributed by atoms with Crippen molar-refractivity contribution in [3.05, 3.63) is 23.8 Å². The van der Waals surface area contributed by atoms with E-state index in [4.69, 9.17) is 10.5 Å². The summed E-state index contributed by atoms with van der Waals surface area (Å²) in [5, 5.41) is 2.85. The number of nitrogens with two attached hydrogens (primary N) is 1. The molecule has 0 aromatic carbocycles. The van der Waals surface area contributed by atoms with Crippen LogP contribution in [0.5, 0.6) is 0 Å². The Hall–Kier alpha value is -2.02. The van der Waals surface area contributed by atoms with E-state index in [0.717, 1.165) is 12.8 Å². The Kier molecular flexibility index (Phi) is 3.83. The van der Waals surface area contributed by atoms with Gasteiger partial charge in [0.25, 0.3) is 11.8 Å². The van der Waals surface area contributed by atoms with Crippen LogP contribution in [0.25, 0.3) is 0 Å². The summed E-state index contributed by atoms with van der Waals surface area (Å²) in [7, 11) is 0. The van der Waals surface area contributed by atoms with Crippen molar-refractivity contribution in [2.24, 2.45) is 5.73 Å². The molecule has 1 aliphatic heterocycles. The largest absolute Gasteiger partial charge is 0.381 e. The van der Waals surface area contributed by atoms with Gasteiger partial charge in [-0.25, -0.2) is 9.97 Å². The van der Waals surface area contributed by atoms with Crippen LogP contribution in [0, 0.1) is 0 Å². The van der Waals surface area contributed by atoms with Crippen molar-refractivity contribution in [3.63, 3.8) is 0 Å². The number of primary amides is 1. The number of nitrogens with zero attached hydrogens (tertiary/aromatic N) is 2. The first-order chi connectivity index (χ1) is 8.66. The number of nitrogens with one attached hydrogen (secondary N) is 1. The van der Waals surface area contributed by atoms with Gasteiger partial charge in [-0.05, 0) is 12.8 Å². The van der Waals surface area contributed by atoms with Crippen LogP contribution in [0.15, 0.2) is 12.4 Å². The number of hydrogen-bond donors (Lipinski definition) is 2. The topological polar surface area (TPSA) is 107 Å². The van der Waals surface area contributed by atoms with Gasteiger partial charge >= 0.3 is 0 Å². The first-order valence-electron chi connectivity index (χ1n) is 5.67. The van der Waals surface area contributed by atoms with Crippen molar-refractivity contribution in [1.82, 2.24) is 15.3 Å². The first kappa shape index (κ1) is 12.4. The fourth-order valence-electron chi connectivity index (χ4n) is 1.67. The number of carbonyl (C=O) groups is 2. The maximum atomic E-state index is 11.8. The molecule has 2 amide bonds. The summed E-state index contributed by atoms with van der Waals surface area (Å²) in [5.74, 6) is -0.968. The van der Waals surface area contributed by atoms with Crippen LogP contribution in [0.2, 0.25) is 0 Å². The maximum Gasteiger partial charge on any atom is 0.271 e. The predicted molar refractivity (Wildman–Crippen MR) is 61.9 cm³/mol. The van der Waals surface area contributed by atoms with Gasteiger partial charge < -0.3 is 15.8 Å². The Labute approximate surface area is 104 Å². The van der Waals surface area contributed by atoms with Crippen molar-refractivity contribution < 1.29 is 14.3 Å². The first-order valence-corrected chi connectivity index (χ1v) is 5.67. The summed E-state index contributed by atoms with van der Waals surface area (Å²) in [6.07, 6.45) is 4.02. The summed E-state index contributed by atoms with van der Waals surface area (Å²) in [6, 6.07) is 0.101. The van der Waals surface area contributed by atoms with Gasteiger partial charge in [0.2, 0.25) is 0 Å². The third kappa shape index (κ3) is 3.01. The fraction of sp³-hybridized carbons (Fsp3) is 0.455. The second kappa shape index (κ2) is 5.54. The zero-order chi connectivity index (χ0) is 13.0. The Bertz CT molecular complexity index is 440. The van der Waals surface area contributed by atoms with Crippen LogP contribution in [-0.2, 0) is 4.74 Å². The molecule has 2 rings (SSSR count). The molecule has 0 bridgehead atoms. The third-order valence-electron chi connectivity index (χ3n) is 2.69. The SMILES string of the molecule is NC(=O)c1cnc(C(=O)NC2CCOCC2)cn1. The highest BCUT2D eigenvalue weighted by molar-refractivity contribution is 5.93. The molecule has 1 aromatic heterocycles. The average Bonchev–Trinajstić information content (AvgIpc) is 2.40. The van der Waals surface area contributed by atoms with E-state index in [1.165, 1.54) is 12.4 Å². The molecule has 0 saturated carbocycles. The standard InChI is InChI=1S/C11H14N4O3/c12-10(16)8-5-14-9(6-13-8)11(17)15-7-1-3-18-4-2-7/h5-7H,1-4H2,(H2,12,16)(H,15,17). The monoisotopic (exact) mass is 250 g/mol. The van der Waals surface area contributed by atoms with Gasteiger partial charge in [0, 0.05) is 19.3 Å².